The molecule has 1 aliphatic rings. The van der Waals surface area contributed by atoms with Crippen molar-refractivity contribution in [2.45, 2.75) is 43.9 Å². The standard InChI is InChI=1S/C22H23FO5S/c1-11-6-16(23)13(8-14-7-12-4-2-3-5-18(12)29-14)9-15(11)22-21(27)20(26)19(25)17(10-24)28-22/h2-7,9,17,19-22,24-27H,8,10H2,1H3/t17-,19-,20+,21-,22?/m1/s1. The van der Waals surface area contributed by atoms with Crippen LogP contribution in [0.4, 0.5) is 4.39 Å². The minimum atomic E-state index is -1.47. The van der Waals surface area contributed by atoms with E-state index in [0.717, 1.165) is 15.0 Å². The monoisotopic (exact) mass is 418 g/mol. The van der Waals surface area contributed by atoms with Gasteiger partial charge in [-0.05, 0) is 53.3 Å². The lowest BCUT2D eigenvalue weighted by Gasteiger charge is -2.40. The van der Waals surface area contributed by atoms with E-state index in [4.69, 9.17) is 4.74 Å². The van der Waals surface area contributed by atoms with Crippen molar-refractivity contribution in [3.8, 4) is 0 Å². The lowest BCUT2D eigenvalue weighted by molar-refractivity contribution is -0.231. The van der Waals surface area contributed by atoms with Crippen LogP contribution in [0.5, 0.6) is 0 Å². The summed E-state index contributed by atoms with van der Waals surface area (Å²) in [6, 6.07) is 13.0. The highest BCUT2D eigenvalue weighted by Crippen LogP contribution is 2.36. The first-order chi connectivity index (χ1) is 13.9. The summed E-state index contributed by atoms with van der Waals surface area (Å²) in [4.78, 5) is 1.01. The van der Waals surface area contributed by atoms with E-state index >= 15 is 0 Å². The normalized spacial score (nSPS) is 27.4. The molecule has 0 bridgehead atoms. The number of aliphatic hydroxyl groups is 4. The molecule has 0 aliphatic carbocycles. The predicted molar refractivity (Wildman–Crippen MR) is 108 cm³/mol. The molecule has 4 rings (SSSR count). The van der Waals surface area contributed by atoms with E-state index in [1.165, 1.54) is 6.07 Å². The highest BCUT2D eigenvalue weighted by molar-refractivity contribution is 7.19. The largest absolute Gasteiger partial charge is 0.394 e. The van der Waals surface area contributed by atoms with Gasteiger partial charge in [0.2, 0.25) is 0 Å². The van der Waals surface area contributed by atoms with Crippen LogP contribution in [0.1, 0.15) is 27.7 Å². The van der Waals surface area contributed by atoms with Crippen LogP contribution in [0.3, 0.4) is 0 Å². The summed E-state index contributed by atoms with van der Waals surface area (Å²) in [6.45, 7) is 1.19. The van der Waals surface area contributed by atoms with Crippen molar-refractivity contribution < 1.29 is 29.6 Å². The molecular formula is C22H23FO5S. The Balaban J connectivity index is 1.68. The van der Waals surface area contributed by atoms with E-state index in [0.29, 0.717) is 23.1 Å². The number of ether oxygens (including phenoxy) is 1. The van der Waals surface area contributed by atoms with Gasteiger partial charge in [-0.2, -0.15) is 0 Å². The van der Waals surface area contributed by atoms with Gasteiger partial charge in [-0.25, -0.2) is 4.39 Å². The van der Waals surface area contributed by atoms with Crippen LogP contribution < -0.4 is 0 Å². The highest BCUT2D eigenvalue weighted by atomic mass is 32.1. The second-order valence-electron chi connectivity index (χ2n) is 7.48. The fourth-order valence-corrected chi connectivity index (χ4v) is 4.94. The van der Waals surface area contributed by atoms with Crippen LogP contribution >= 0.6 is 11.3 Å². The van der Waals surface area contributed by atoms with E-state index in [1.807, 2.05) is 30.3 Å². The average molecular weight is 418 g/mol. The molecule has 29 heavy (non-hydrogen) atoms. The molecule has 1 aromatic heterocycles. The Morgan fingerprint density at radius 1 is 1.03 bits per heavy atom. The number of aryl methyl sites for hydroxylation is 1. The number of hydrogen-bond acceptors (Lipinski definition) is 6. The fourth-order valence-electron chi connectivity index (χ4n) is 3.85. The summed E-state index contributed by atoms with van der Waals surface area (Å²) in [7, 11) is 0. The Hall–Kier alpha value is -1.87. The van der Waals surface area contributed by atoms with Crippen molar-refractivity contribution in [1.29, 1.82) is 0 Å². The molecule has 1 aliphatic heterocycles. The van der Waals surface area contributed by atoms with Crippen molar-refractivity contribution in [3.05, 3.63) is 69.8 Å². The van der Waals surface area contributed by atoms with Gasteiger partial charge in [-0.1, -0.05) is 18.2 Å². The molecule has 5 nitrogen and oxygen atoms in total. The third-order valence-corrected chi connectivity index (χ3v) is 6.59. The van der Waals surface area contributed by atoms with Gasteiger partial charge >= 0.3 is 0 Å². The van der Waals surface area contributed by atoms with Crippen molar-refractivity contribution in [3.63, 3.8) is 0 Å². The fraction of sp³-hybridized carbons (Fsp3) is 0.364. The molecular weight excluding hydrogens is 395 g/mol. The van der Waals surface area contributed by atoms with Gasteiger partial charge in [0.1, 0.15) is 36.3 Å². The third-order valence-electron chi connectivity index (χ3n) is 5.48. The summed E-state index contributed by atoms with van der Waals surface area (Å²) in [5, 5.41) is 41.1. The van der Waals surface area contributed by atoms with Gasteiger partial charge in [0.15, 0.2) is 0 Å². The highest BCUT2D eigenvalue weighted by Gasteiger charge is 2.44. The summed E-state index contributed by atoms with van der Waals surface area (Å²) in [6.07, 6.45) is -5.89. The molecule has 7 heteroatoms. The summed E-state index contributed by atoms with van der Waals surface area (Å²) in [5.41, 5.74) is 1.54. The van der Waals surface area contributed by atoms with Gasteiger partial charge in [0.25, 0.3) is 0 Å². The quantitative estimate of drug-likeness (QED) is 0.523. The molecule has 0 spiro atoms. The maximum Gasteiger partial charge on any atom is 0.127 e. The summed E-state index contributed by atoms with van der Waals surface area (Å²) < 4.78 is 21.5. The molecule has 2 heterocycles. The van der Waals surface area contributed by atoms with Crippen LogP contribution in [0.15, 0.2) is 42.5 Å². The molecule has 0 saturated carbocycles. The van der Waals surface area contributed by atoms with Crippen molar-refractivity contribution in [2.24, 2.45) is 0 Å². The van der Waals surface area contributed by atoms with E-state index < -0.39 is 37.1 Å². The van der Waals surface area contributed by atoms with Crippen molar-refractivity contribution in [2.75, 3.05) is 6.61 Å². The molecule has 154 valence electrons. The van der Waals surface area contributed by atoms with Gasteiger partial charge in [-0.15, -0.1) is 11.3 Å². The first-order valence-corrected chi connectivity index (χ1v) is 10.3. The zero-order chi connectivity index (χ0) is 20.7. The topological polar surface area (TPSA) is 90.2 Å². The van der Waals surface area contributed by atoms with E-state index in [1.54, 1.807) is 24.3 Å². The zero-order valence-electron chi connectivity index (χ0n) is 15.8. The minimum Gasteiger partial charge on any atom is -0.394 e. The Labute approximate surface area is 171 Å². The third kappa shape index (κ3) is 3.82. The molecule has 1 fully saturated rings. The van der Waals surface area contributed by atoms with Crippen LogP contribution in [0.25, 0.3) is 10.1 Å². The van der Waals surface area contributed by atoms with E-state index in [-0.39, 0.29) is 5.82 Å². The number of aliphatic hydroxyl groups excluding tert-OH is 4. The number of rotatable bonds is 4. The molecule has 0 radical (unpaired) electrons. The van der Waals surface area contributed by atoms with Crippen LogP contribution in [-0.2, 0) is 11.2 Å². The second-order valence-corrected chi connectivity index (χ2v) is 8.65. The van der Waals surface area contributed by atoms with Gasteiger partial charge in [0, 0.05) is 16.0 Å². The minimum absolute atomic E-state index is 0.353. The Morgan fingerprint density at radius 3 is 2.52 bits per heavy atom. The predicted octanol–water partition coefficient (Wildman–Crippen LogP) is 2.45. The molecule has 2 aromatic carbocycles. The van der Waals surface area contributed by atoms with E-state index in [2.05, 4.69) is 0 Å². The number of halogens is 1. The van der Waals surface area contributed by atoms with Crippen molar-refractivity contribution in [1.82, 2.24) is 0 Å². The zero-order valence-corrected chi connectivity index (χ0v) is 16.6. The van der Waals surface area contributed by atoms with Gasteiger partial charge in [0.05, 0.1) is 6.61 Å². The van der Waals surface area contributed by atoms with Crippen LogP contribution in [0.2, 0.25) is 0 Å². The molecule has 1 saturated heterocycles. The van der Waals surface area contributed by atoms with Crippen molar-refractivity contribution >= 4 is 21.4 Å². The average Bonchev–Trinajstić information content (AvgIpc) is 3.11. The van der Waals surface area contributed by atoms with Gasteiger partial charge in [-0.3, -0.25) is 0 Å². The Morgan fingerprint density at radius 2 is 1.79 bits per heavy atom. The molecule has 5 atom stereocenters. The number of hydrogen-bond donors (Lipinski definition) is 4. The Kier molecular flexibility index (Phi) is 5.70. The number of fused-ring (bicyclic) bond motifs is 1. The lowest BCUT2D eigenvalue weighted by Crippen LogP contribution is -2.55. The van der Waals surface area contributed by atoms with Crippen LogP contribution in [-0.4, -0.2) is 51.4 Å². The maximum atomic E-state index is 14.7. The number of thiophene rings is 1. The second kappa shape index (κ2) is 8.10. The summed E-state index contributed by atoms with van der Waals surface area (Å²) in [5.74, 6) is -0.353. The molecule has 4 N–H and O–H groups in total. The molecule has 3 aromatic rings. The number of benzene rings is 2. The molecule has 1 unspecified atom stereocenters. The SMILES string of the molecule is Cc1cc(F)c(Cc2cc3ccccc3s2)cc1C1O[C@H](CO)[C@@H](O)[C@H](O)[C@H]1O. The van der Waals surface area contributed by atoms with Gasteiger partial charge < -0.3 is 25.2 Å². The summed E-state index contributed by atoms with van der Waals surface area (Å²) >= 11 is 1.60. The maximum absolute atomic E-state index is 14.7. The first kappa shape index (κ1) is 20.4. The first-order valence-electron chi connectivity index (χ1n) is 9.46. The lowest BCUT2D eigenvalue weighted by atomic mass is 9.88. The van der Waals surface area contributed by atoms with E-state index in [9.17, 15) is 24.8 Å². The molecule has 0 amide bonds. The Bertz CT molecular complexity index is 985. The smallest absolute Gasteiger partial charge is 0.127 e. The van der Waals surface area contributed by atoms with Crippen LogP contribution in [0, 0.1) is 12.7 Å².